The maximum Gasteiger partial charge on any atom is 0.416 e. The Hall–Kier alpha value is -4.38. The number of aryl methyl sites for hydroxylation is 1. The van der Waals surface area contributed by atoms with Crippen molar-refractivity contribution in [2.75, 3.05) is 5.32 Å². The average molecular weight is 522 g/mol. The Labute approximate surface area is 213 Å². The molecular weight excluding hydrogens is 503 g/mol. The number of carbonyl (C=O) groups excluding carboxylic acids is 1. The van der Waals surface area contributed by atoms with E-state index in [1.165, 1.54) is 35.9 Å². The van der Waals surface area contributed by atoms with Crippen molar-refractivity contribution in [1.82, 2.24) is 19.3 Å². The second-order valence-corrected chi connectivity index (χ2v) is 8.92. The van der Waals surface area contributed by atoms with Crippen LogP contribution in [0.3, 0.4) is 0 Å². The fourth-order valence-corrected chi connectivity index (χ4v) is 4.52. The number of amides is 1. The van der Waals surface area contributed by atoms with Gasteiger partial charge in [0.2, 0.25) is 5.88 Å². The number of nitrogens with one attached hydrogen (secondary N) is 1. The average Bonchev–Trinajstić information content (AvgIpc) is 3.24. The lowest BCUT2D eigenvalue weighted by atomic mass is 10.1. The number of alkyl halides is 3. The minimum atomic E-state index is -4.48. The summed E-state index contributed by atoms with van der Waals surface area (Å²) in [4.78, 5) is 27.0. The van der Waals surface area contributed by atoms with E-state index < -0.39 is 11.7 Å². The topological polar surface area (TPSA) is 89.9 Å². The third-order valence-corrected chi connectivity index (χ3v) is 6.31. The molecule has 5 rings (SSSR count). The van der Waals surface area contributed by atoms with Crippen LogP contribution in [-0.4, -0.2) is 25.2 Å². The van der Waals surface area contributed by atoms with Gasteiger partial charge < -0.3 is 10.1 Å². The van der Waals surface area contributed by atoms with Gasteiger partial charge in [-0.2, -0.15) is 17.5 Å². The lowest BCUT2D eigenvalue weighted by Crippen LogP contribution is -2.14. The minimum absolute atomic E-state index is 0.000476. The fourth-order valence-electron chi connectivity index (χ4n) is 3.64. The predicted molar refractivity (Wildman–Crippen MR) is 133 cm³/mol. The summed E-state index contributed by atoms with van der Waals surface area (Å²) < 4.78 is 48.5. The number of ether oxygens (including phenoxy) is 1. The Morgan fingerprint density at radius 2 is 1.81 bits per heavy atom. The van der Waals surface area contributed by atoms with Gasteiger partial charge in [0.25, 0.3) is 5.91 Å². The summed E-state index contributed by atoms with van der Waals surface area (Å²) in [6.07, 6.45) is -1.03. The van der Waals surface area contributed by atoms with Crippen LogP contribution in [0.5, 0.6) is 11.6 Å². The number of benzene rings is 2. The molecule has 0 saturated heterocycles. The van der Waals surface area contributed by atoms with E-state index in [0.29, 0.717) is 29.1 Å². The molecule has 0 radical (unpaired) electrons. The molecule has 7 nitrogen and oxygen atoms in total. The van der Waals surface area contributed by atoms with Gasteiger partial charge in [0, 0.05) is 23.6 Å². The van der Waals surface area contributed by atoms with Crippen LogP contribution in [0.2, 0.25) is 0 Å². The smallest absolute Gasteiger partial charge is 0.416 e. The zero-order valence-corrected chi connectivity index (χ0v) is 20.1. The molecule has 1 N–H and O–H groups in total. The number of anilines is 1. The number of nitrogens with zero attached hydrogens (tertiary/aromatic N) is 4. The third-order valence-electron chi connectivity index (χ3n) is 5.38. The maximum atomic E-state index is 13.1. The van der Waals surface area contributed by atoms with Crippen LogP contribution < -0.4 is 10.1 Å². The molecule has 3 aromatic heterocycles. The number of carbonyl (C=O) groups is 1. The first-order valence-electron chi connectivity index (χ1n) is 11.0. The van der Waals surface area contributed by atoms with Crippen LogP contribution in [0.25, 0.3) is 11.0 Å². The Morgan fingerprint density at radius 3 is 2.57 bits per heavy atom. The summed E-state index contributed by atoms with van der Waals surface area (Å²) in [6, 6.07) is 15.1. The number of hydrogen-bond donors (Lipinski definition) is 1. The SMILES string of the molecule is Cc1nsc(Cc2cnc3ccccc3n2)c1C(=O)Nc1ccc(Oc2cccc(C(F)(F)F)c2)nc1. The summed E-state index contributed by atoms with van der Waals surface area (Å²) in [5.74, 6) is -0.273. The van der Waals surface area contributed by atoms with Crippen LogP contribution in [-0.2, 0) is 12.6 Å². The minimum Gasteiger partial charge on any atom is -0.439 e. The molecule has 0 aliphatic rings. The van der Waals surface area contributed by atoms with Crippen molar-refractivity contribution >= 4 is 34.2 Å². The van der Waals surface area contributed by atoms with Crippen LogP contribution >= 0.6 is 11.5 Å². The number of fused-ring (bicyclic) bond motifs is 1. The molecule has 11 heteroatoms. The van der Waals surface area contributed by atoms with Crippen LogP contribution in [0.4, 0.5) is 18.9 Å². The van der Waals surface area contributed by atoms with Gasteiger partial charge in [-0.25, -0.2) is 9.97 Å². The number of pyridine rings is 1. The standard InChI is InChI=1S/C26H18F3N5O2S/c1-15-24(22(37-34-15)12-18-14-30-20-7-2-3-8-21(20)32-18)25(35)33-17-9-10-23(31-13-17)36-19-6-4-5-16(11-19)26(27,28)29/h2-11,13-14H,12H2,1H3,(H,33,35). The van der Waals surface area contributed by atoms with Crippen molar-refractivity contribution in [1.29, 1.82) is 0 Å². The lowest BCUT2D eigenvalue weighted by molar-refractivity contribution is -0.137. The van der Waals surface area contributed by atoms with Gasteiger partial charge in [0.15, 0.2) is 0 Å². The first-order chi connectivity index (χ1) is 17.8. The molecule has 0 spiro atoms. The second-order valence-electron chi connectivity index (χ2n) is 8.06. The Kier molecular flexibility index (Phi) is 6.53. The summed E-state index contributed by atoms with van der Waals surface area (Å²) in [5, 5.41) is 2.79. The molecule has 0 aliphatic heterocycles. The summed E-state index contributed by atoms with van der Waals surface area (Å²) >= 11 is 1.23. The van der Waals surface area contributed by atoms with Crippen LogP contribution in [0, 0.1) is 6.92 Å². The maximum absolute atomic E-state index is 13.1. The number of aromatic nitrogens is 4. The largest absolute Gasteiger partial charge is 0.439 e. The summed E-state index contributed by atoms with van der Waals surface area (Å²) in [7, 11) is 0. The van der Waals surface area contributed by atoms with E-state index in [-0.39, 0.29) is 17.5 Å². The van der Waals surface area contributed by atoms with Crippen molar-refractivity contribution in [3.05, 3.63) is 100 Å². The van der Waals surface area contributed by atoms with Gasteiger partial charge in [-0.3, -0.25) is 9.78 Å². The predicted octanol–water partition coefficient (Wildman–Crippen LogP) is 6.44. The third kappa shape index (κ3) is 5.56. The molecule has 0 saturated carbocycles. The van der Waals surface area contributed by atoms with Crippen LogP contribution in [0.15, 0.2) is 73.1 Å². The highest BCUT2D eigenvalue weighted by Crippen LogP contribution is 2.32. The van der Waals surface area contributed by atoms with Crippen molar-refractivity contribution in [2.45, 2.75) is 19.5 Å². The van der Waals surface area contributed by atoms with Gasteiger partial charge in [-0.05, 0) is 54.9 Å². The molecule has 2 aromatic carbocycles. The van der Waals surface area contributed by atoms with Crippen molar-refractivity contribution in [3.8, 4) is 11.6 Å². The Balaban J connectivity index is 1.28. The summed E-state index contributed by atoms with van der Waals surface area (Å²) in [6.45, 7) is 1.76. The van der Waals surface area contributed by atoms with E-state index >= 15 is 0 Å². The lowest BCUT2D eigenvalue weighted by Gasteiger charge is -2.10. The normalized spacial score (nSPS) is 11.5. The summed E-state index contributed by atoms with van der Waals surface area (Å²) in [5.41, 5.74) is 2.88. The quantitative estimate of drug-likeness (QED) is 0.276. The van der Waals surface area contributed by atoms with Gasteiger partial charge >= 0.3 is 6.18 Å². The fraction of sp³-hybridized carbons (Fsp3) is 0.115. The molecule has 0 fully saturated rings. The van der Waals surface area contributed by atoms with Crippen LogP contribution in [0.1, 0.15) is 32.2 Å². The molecule has 186 valence electrons. The Morgan fingerprint density at radius 1 is 1.00 bits per heavy atom. The zero-order valence-electron chi connectivity index (χ0n) is 19.3. The molecule has 0 unspecified atom stereocenters. The molecule has 0 bridgehead atoms. The monoisotopic (exact) mass is 521 g/mol. The van der Waals surface area contributed by atoms with Crippen molar-refractivity contribution < 1.29 is 22.7 Å². The van der Waals surface area contributed by atoms with E-state index in [1.54, 1.807) is 19.2 Å². The number of hydrogen-bond acceptors (Lipinski definition) is 7. The molecule has 0 atom stereocenters. The first-order valence-corrected chi connectivity index (χ1v) is 11.8. The molecule has 37 heavy (non-hydrogen) atoms. The Bertz CT molecular complexity index is 1590. The molecule has 0 aliphatic carbocycles. The highest BCUT2D eigenvalue weighted by Gasteiger charge is 2.30. The highest BCUT2D eigenvalue weighted by molar-refractivity contribution is 7.06. The van der Waals surface area contributed by atoms with E-state index in [0.717, 1.165) is 28.0 Å². The number of para-hydroxylation sites is 2. The highest BCUT2D eigenvalue weighted by atomic mass is 32.1. The second kappa shape index (κ2) is 9.94. The molecular formula is C26H18F3N5O2S. The van der Waals surface area contributed by atoms with Gasteiger partial charge in [-0.15, -0.1) is 0 Å². The van der Waals surface area contributed by atoms with E-state index in [1.807, 2.05) is 24.3 Å². The molecule has 1 amide bonds. The number of rotatable bonds is 6. The number of halogens is 3. The van der Waals surface area contributed by atoms with E-state index in [9.17, 15) is 18.0 Å². The van der Waals surface area contributed by atoms with Gasteiger partial charge in [-0.1, -0.05) is 18.2 Å². The van der Waals surface area contributed by atoms with Gasteiger partial charge in [0.05, 0.1) is 45.4 Å². The van der Waals surface area contributed by atoms with E-state index in [4.69, 9.17) is 4.74 Å². The van der Waals surface area contributed by atoms with Crippen molar-refractivity contribution in [3.63, 3.8) is 0 Å². The molecule has 5 aromatic rings. The van der Waals surface area contributed by atoms with Gasteiger partial charge in [0.1, 0.15) is 5.75 Å². The van der Waals surface area contributed by atoms with E-state index in [2.05, 4.69) is 24.6 Å². The zero-order chi connectivity index (χ0) is 26.0. The first kappa shape index (κ1) is 24.3. The van der Waals surface area contributed by atoms with Crippen molar-refractivity contribution in [2.24, 2.45) is 0 Å². The molecule has 3 heterocycles.